The minimum absolute atomic E-state index is 0.219. The molecule has 1 aromatic rings. The van der Waals surface area contributed by atoms with E-state index in [9.17, 15) is 13.2 Å². The third-order valence-corrected chi connectivity index (χ3v) is 12.3. The summed E-state index contributed by atoms with van der Waals surface area (Å²) in [6.07, 6.45) is 14.6. The molecular formula is C30H49F3OSi. The van der Waals surface area contributed by atoms with Crippen molar-refractivity contribution in [3.8, 4) is 5.75 Å². The Labute approximate surface area is 214 Å². The second-order valence-corrected chi connectivity index (χ2v) is 14.9. The summed E-state index contributed by atoms with van der Waals surface area (Å²) in [5, 5.41) is 0. The third kappa shape index (κ3) is 9.13. The van der Waals surface area contributed by atoms with Gasteiger partial charge in [-0.25, -0.2) is 13.2 Å². The normalized spacial score (nSPS) is 26.0. The molecule has 1 atom stereocenters. The van der Waals surface area contributed by atoms with Crippen LogP contribution in [-0.4, -0.2) is 21.6 Å². The van der Waals surface area contributed by atoms with Crippen molar-refractivity contribution < 1.29 is 17.9 Å². The minimum Gasteiger partial charge on any atom is -0.485 e. The van der Waals surface area contributed by atoms with Crippen LogP contribution in [-0.2, 0) is 0 Å². The fourth-order valence-corrected chi connectivity index (χ4v) is 10.1. The van der Waals surface area contributed by atoms with E-state index in [-0.39, 0.29) is 12.5 Å². The molecule has 5 heteroatoms. The van der Waals surface area contributed by atoms with Gasteiger partial charge < -0.3 is 4.74 Å². The Morgan fingerprint density at radius 2 is 1.43 bits per heavy atom. The summed E-state index contributed by atoms with van der Waals surface area (Å²) in [4.78, 5) is 0. The lowest BCUT2D eigenvalue weighted by Crippen LogP contribution is -2.28. The topological polar surface area (TPSA) is 9.23 Å². The number of alkyl halides is 1. The number of rotatable bonds is 14. The molecular weight excluding hydrogens is 461 g/mol. The van der Waals surface area contributed by atoms with E-state index in [1.165, 1.54) is 69.2 Å². The van der Waals surface area contributed by atoms with Crippen LogP contribution in [0, 0.1) is 23.5 Å². The first kappa shape index (κ1) is 28.6. The van der Waals surface area contributed by atoms with E-state index < -0.39 is 32.4 Å². The SMILES string of the molecule is CCCCCC[C@H](F)COc1c(F)cc(C2CCC([C@H]3CC[Si@H](CCCCC)CC3)CC2)cc1F. The Bertz CT molecular complexity index is 703. The summed E-state index contributed by atoms with van der Waals surface area (Å²) < 4.78 is 48.7. The van der Waals surface area contributed by atoms with Crippen molar-refractivity contribution in [2.75, 3.05) is 6.61 Å². The molecule has 0 aromatic heterocycles. The van der Waals surface area contributed by atoms with Crippen LogP contribution in [0.4, 0.5) is 13.2 Å². The van der Waals surface area contributed by atoms with Gasteiger partial charge in [-0.15, -0.1) is 0 Å². The Morgan fingerprint density at radius 3 is 2.06 bits per heavy atom. The molecule has 0 bridgehead atoms. The van der Waals surface area contributed by atoms with Gasteiger partial charge in [0.2, 0.25) is 0 Å². The van der Waals surface area contributed by atoms with E-state index in [1.807, 2.05) is 0 Å². The first-order chi connectivity index (χ1) is 17.0. The van der Waals surface area contributed by atoms with Crippen LogP contribution in [0.5, 0.6) is 5.75 Å². The first-order valence-electron chi connectivity index (χ1n) is 14.8. The van der Waals surface area contributed by atoms with Gasteiger partial charge >= 0.3 is 0 Å². The monoisotopic (exact) mass is 510 g/mol. The second-order valence-electron chi connectivity index (χ2n) is 11.5. The summed E-state index contributed by atoms with van der Waals surface area (Å²) in [7, 11) is -0.469. The average molecular weight is 511 g/mol. The Balaban J connectivity index is 1.43. The van der Waals surface area contributed by atoms with Gasteiger partial charge in [0.1, 0.15) is 12.8 Å². The second kappa shape index (κ2) is 15.3. The fourth-order valence-electron chi connectivity index (χ4n) is 6.56. The number of ether oxygens (including phenoxy) is 1. The van der Waals surface area contributed by atoms with E-state index in [1.54, 1.807) is 6.04 Å². The summed E-state index contributed by atoms with van der Waals surface area (Å²) in [6.45, 7) is 4.12. The lowest BCUT2D eigenvalue weighted by atomic mass is 9.72. The van der Waals surface area contributed by atoms with Gasteiger partial charge in [-0.3, -0.25) is 0 Å². The molecule has 0 amide bonds. The summed E-state index contributed by atoms with van der Waals surface area (Å²) in [5.74, 6) is 0.104. The Hall–Kier alpha value is -0.973. The van der Waals surface area contributed by atoms with Gasteiger partial charge in [0.05, 0.1) is 0 Å². The van der Waals surface area contributed by atoms with E-state index >= 15 is 0 Å². The fraction of sp³-hybridized carbons (Fsp3) is 0.800. The maximum absolute atomic E-state index is 14.7. The molecule has 1 heterocycles. The number of hydrogen-bond donors (Lipinski definition) is 0. The van der Waals surface area contributed by atoms with Crippen molar-refractivity contribution in [2.45, 2.75) is 134 Å². The summed E-state index contributed by atoms with van der Waals surface area (Å²) in [6, 6.07) is 7.49. The zero-order chi connectivity index (χ0) is 25.0. The maximum atomic E-state index is 14.7. The van der Waals surface area contributed by atoms with Gasteiger partial charge in [-0.1, -0.05) is 89.8 Å². The minimum atomic E-state index is -1.19. The van der Waals surface area contributed by atoms with Crippen LogP contribution in [0.25, 0.3) is 0 Å². The zero-order valence-electron chi connectivity index (χ0n) is 22.3. The molecule has 1 aromatic carbocycles. The molecule has 2 fully saturated rings. The standard InChI is InChI=1S/C30H49F3OSi/c1-3-5-7-8-10-27(31)22-34-30-28(32)20-26(21-29(30)33)24-13-11-23(12-14-24)25-15-18-35(19-16-25)17-9-6-4-2/h20-21,23-25,27,35H,3-19,22H2,1-2H3/t23?,24?,25-,27-,35-/m0/s1. The third-order valence-electron chi connectivity index (χ3n) is 8.82. The molecule has 2 aliphatic rings. The van der Waals surface area contributed by atoms with Gasteiger partial charge in [0.25, 0.3) is 0 Å². The summed E-state index contributed by atoms with van der Waals surface area (Å²) in [5.41, 5.74) is 0.745. The van der Waals surface area contributed by atoms with Crippen LogP contribution in [0.1, 0.15) is 115 Å². The zero-order valence-corrected chi connectivity index (χ0v) is 23.5. The lowest BCUT2D eigenvalue weighted by molar-refractivity contribution is 0.173. The van der Waals surface area contributed by atoms with Gasteiger partial charge in [-0.05, 0) is 67.6 Å². The van der Waals surface area contributed by atoms with Crippen molar-refractivity contribution >= 4 is 8.80 Å². The lowest BCUT2D eigenvalue weighted by Gasteiger charge is -2.37. The van der Waals surface area contributed by atoms with E-state index in [0.717, 1.165) is 55.9 Å². The van der Waals surface area contributed by atoms with Crippen molar-refractivity contribution in [2.24, 2.45) is 11.8 Å². The number of hydrogen-bond acceptors (Lipinski definition) is 1. The van der Waals surface area contributed by atoms with Crippen LogP contribution in [0.3, 0.4) is 0 Å². The average Bonchev–Trinajstić information content (AvgIpc) is 2.87. The molecule has 200 valence electrons. The molecule has 35 heavy (non-hydrogen) atoms. The molecule has 1 saturated heterocycles. The van der Waals surface area contributed by atoms with Crippen molar-refractivity contribution in [1.29, 1.82) is 0 Å². The number of unbranched alkanes of at least 4 members (excludes halogenated alkanes) is 5. The smallest absolute Gasteiger partial charge is 0.190 e. The molecule has 0 unspecified atom stereocenters. The van der Waals surface area contributed by atoms with Crippen LogP contribution in [0.15, 0.2) is 12.1 Å². The van der Waals surface area contributed by atoms with E-state index in [2.05, 4.69) is 13.8 Å². The molecule has 0 spiro atoms. The molecule has 1 aliphatic heterocycles. The van der Waals surface area contributed by atoms with Crippen molar-refractivity contribution in [1.82, 2.24) is 0 Å². The van der Waals surface area contributed by atoms with Crippen molar-refractivity contribution in [3.63, 3.8) is 0 Å². The van der Waals surface area contributed by atoms with Crippen molar-refractivity contribution in [3.05, 3.63) is 29.3 Å². The summed E-state index contributed by atoms with van der Waals surface area (Å²) >= 11 is 0. The highest BCUT2D eigenvalue weighted by Crippen LogP contribution is 2.44. The number of halogens is 3. The predicted molar refractivity (Wildman–Crippen MR) is 144 cm³/mol. The largest absolute Gasteiger partial charge is 0.485 e. The predicted octanol–water partition coefficient (Wildman–Crippen LogP) is 9.75. The molecule has 3 rings (SSSR count). The molecule has 1 aliphatic carbocycles. The highest BCUT2D eigenvalue weighted by Gasteiger charge is 2.32. The molecule has 1 saturated carbocycles. The van der Waals surface area contributed by atoms with Gasteiger partial charge in [0.15, 0.2) is 17.4 Å². The van der Waals surface area contributed by atoms with Crippen LogP contribution in [0.2, 0.25) is 18.1 Å². The van der Waals surface area contributed by atoms with E-state index in [4.69, 9.17) is 4.74 Å². The quantitative estimate of drug-likeness (QED) is 0.179. The molecule has 1 nitrogen and oxygen atoms in total. The Morgan fingerprint density at radius 1 is 0.829 bits per heavy atom. The molecule has 0 radical (unpaired) electrons. The van der Waals surface area contributed by atoms with Crippen LogP contribution >= 0.6 is 0 Å². The maximum Gasteiger partial charge on any atom is 0.190 e. The van der Waals surface area contributed by atoms with Crippen LogP contribution < -0.4 is 4.74 Å². The van der Waals surface area contributed by atoms with E-state index in [0.29, 0.717) is 6.42 Å². The van der Waals surface area contributed by atoms with Gasteiger partial charge in [0, 0.05) is 8.80 Å². The first-order valence-corrected chi connectivity index (χ1v) is 17.2. The van der Waals surface area contributed by atoms with Gasteiger partial charge in [-0.2, -0.15) is 0 Å². The highest BCUT2D eigenvalue weighted by atomic mass is 28.3. The Kier molecular flexibility index (Phi) is 12.5. The number of benzene rings is 1. The molecule has 0 N–H and O–H groups in total. The highest BCUT2D eigenvalue weighted by molar-refractivity contribution is 6.58.